The number of ketones is 1. The average Bonchev–Trinajstić information content (AvgIpc) is 2.28. The van der Waals surface area contributed by atoms with E-state index in [0.717, 1.165) is 24.7 Å². The lowest BCUT2D eigenvalue weighted by molar-refractivity contribution is 0.101. The second-order valence-corrected chi connectivity index (χ2v) is 5.96. The van der Waals surface area contributed by atoms with Crippen molar-refractivity contribution in [2.75, 3.05) is 0 Å². The molecule has 86 valence electrons. The largest absolute Gasteiger partial charge is 0.295 e. The topological polar surface area (TPSA) is 17.1 Å². The van der Waals surface area contributed by atoms with Gasteiger partial charge in [0.2, 0.25) is 0 Å². The first-order chi connectivity index (χ1) is 8.06. The molecule has 0 unspecified atom stereocenters. The molecular formula is C14H10BrIO. The maximum absolute atomic E-state index is 11.4. The first-order valence-corrected chi connectivity index (χ1v) is 7.01. The van der Waals surface area contributed by atoms with Crippen LogP contribution in [0.5, 0.6) is 0 Å². The predicted octanol–water partition coefficient (Wildman–Crippen LogP) is 4.92. The van der Waals surface area contributed by atoms with Crippen LogP contribution < -0.4 is 0 Å². The van der Waals surface area contributed by atoms with Gasteiger partial charge >= 0.3 is 0 Å². The molecule has 0 radical (unpaired) electrons. The van der Waals surface area contributed by atoms with E-state index in [4.69, 9.17) is 0 Å². The third kappa shape index (κ3) is 3.16. The second-order valence-electron chi connectivity index (χ2n) is 3.80. The zero-order chi connectivity index (χ0) is 12.4. The van der Waals surface area contributed by atoms with Gasteiger partial charge in [0.15, 0.2) is 5.78 Å². The highest BCUT2D eigenvalue weighted by Crippen LogP contribution is 2.26. The molecule has 0 atom stereocenters. The molecule has 2 aromatic rings. The van der Waals surface area contributed by atoms with Crippen LogP contribution in [0, 0.1) is 3.57 Å². The van der Waals surface area contributed by atoms with Gasteiger partial charge in [0, 0.05) is 13.6 Å². The van der Waals surface area contributed by atoms with Crippen LogP contribution in [0.25, 0.3) is 11.1 Å². The van der Waals surface area contributed by atoms with Gasteiger partial charge < -0.3 is 0 Å². The van der Waals surface area contributed by atoms with E-state index in [1.165, 1.54) is 0 Å². The minimum atomic E-state index is 0.0970. The van der Waals surface area contributed by atoms with Gasteiger partial charge in [-0.15, -0.1) is 0 Å². The molecule has 2 rings (SSSR count). The van der Waals surface area contributed by atoms with Gasteiger partial charge in [-0.3, -0.25) is 4.79 Å². The van der Waals surface area contributed by atoms with Gasteiger partial charge in [-0.25, -0.2) is 0 Å². The van der Waals surface area contributed by atoms with E-state index in [0.29, 0.717) is 0 Å². The molecule has 0 aliphatic carbocycles. The number of rotatable bonds is 2. The van der Waals surface area contributed by atoms with Gasteiger partial charge in [0.25, 0.3) is 0 Å². The summed E-state index contributed by atoms with van der Waals surface area (Å²) in [6.45, 7) is 1.59. The quantitative estimate of drug-likeness (QED) is 0.516. The van der Waals surface area contributed by atoms with Crippen LogP contribution in [-0.2, 0) is 0 Å². The van der Waals surface area contributed by atoms with Crippen molar-refractivity contribution in [2.24, 2.45) is 0 Å². The SMILES string of the molecule is CC(=O)c1cc(I)cc(-c2cccc(Br)c2)c1. The molecule has 0 aliphatic rings. The molecule has 0 fully saturated rings. The van der Waals surface area contributed by atoms with Crippen molar-refractivity contribution in [2.45, 2.75) is 6.92 Å². The maximum Gasteiger partial charge on any atom is 0.159 e. The number of halogens is 2. The van der Waals surface area contributed by atoms with Crippen molar-refractivity contribution < 1.29 is 4.79 Å². The van der Waals surface area contributed by atoms with E-state index in [1.54, 1.807) is 6.92 Å². The van der Waals surface area contributed by atoms with Crippen LogP contribution in [0.1, 0.15) is 17.3 Å². The van der Waals surface area contributed by atoms with Crippen molar-refractivity contribution >= 4 is 44.3 Å². The first-order valence-electron chi connectivity index (χ1n) is 5.14. The third-order valence-electron chi connectivity index (χ3n) is 2.46. The van der Waals surface area contributed by atoms with E-state index >= 15 is 0 Å². The first kappa shape index (κ1) is 12.8. The Morgan fingerprint density at radius 2 is 1.88 bits per heavy atom. The summed E-state index contributed by atoms with van der Waals surface area (Å²) in [5.41, 5.74) is 2.94. The molecule has 0 spiro atoms. The summed E-state index contributed by atoms with van der Waals surface area (Å²) in [7, 11) is 0. The van der Waals surface area contributed by atoms with Gasteiger partial charge in [-0.05, 0) is 71.0 Å². The number of carbonyl (C=O) groups is 1. The lowest BCUT2D eigenvalue weighted by atomic mass is 10.0. The third-order valence-corrected chi connectivity index (χ3v) is 3.58. The van der Waals surface area contributed by atoms with Crippen molar-refractivity contribution in [3.05, 3.63) is 56.1 Å². The highest BCUT2D eigenvalue weighted by Gasteiger charge is 2.05. The molecule has 2 aromatic carbocycles. The Morgan fingerprint density at radius 1 is 1.12 bits per heavy atom. The highest BCUT2D eigenvalue weighted by atomic mass is 127. The Hall–Kier alpha value is -0.680. The van der Waals surface area contributed by atoms with E-state index < -0.39 is 0 Å². The molecule has 0 amide bonds. The van der Waals surface area contributed by atoms with Crippen LogP contribution in [0.4, 0.5) is 0 Å². The van der Waals surface area contributed by atoms with Crippen molar-refractivity contribution in [3.8, 4) is 11.1 Å². The summed E-state index contributed by atoms with van der Waals surface area (Å²) in [5, 5.41) is 0. The molecule has 0 heterocycles. The highest BCUT2D eigenvalue weighted by molar-refractivity contribution is 14.1. The Morgan fingerprint density at radius 3 is 2.53 bits per heavy atom. The van der Waals surface area contributed by atoms with Crippen molar-refractivity contribution in [3.63, 3.8) is 0 Å². The normalized spacial score (nSPS) is 10.3. The maximum atomic E-state index is 11.4. The lowest BCUT2D eigenvalue weighted by Crippen LogP contribution is -1.93. The smallest absolute Gasteiger partial charge is 0.159 e. The van der Waals surface area contributed by atoms with E-state index in [-0.39, 0.29) is 5.78 Å². The van der Waals surface area contributed by atoms with Gasteiger partial charge in [0.05, 0.1) is 0 Å². The van der Waals surface area contributed by atoms with Crippen LogP contribution >= 0.6 is 38.5 Å². The molecule has 1 nitrogen and oxygen atoms in total. The van der Waals surface area contributed by atoms with Crippen LogP contribution in [0.2, 0.25) is 0 Å². The van der Waals surface area contributed by atoms with Crippen molar-refractivity contribution in [1.29, 1.82) is 0 Å². The Kier molecular flexibility index (Phi) is 3.99. The fourth-order valence-electron chi connectivity index (χ4n) is 1.63. The fourth-order valence-corrected chi connectivity index (χ4v) is 2.70. The molecule has 3 heteroatoms. The van der Waals surface area contributed by atoms with Crippen LogP contribution in [0.15, 0.2) is 46.9 Å². The summed E-state index contributed by atoms with van der Waals surface area (Å²) in [6.07, 6.45) is 0. The van der Waals surface area contributed by atoms with Gasteiger partial charge in [-0.1, -0.05) is 28.1 Å². The predicted molar refractivity (Wildman–Crippen MR) is 82.3 cm³/mol. The van der Waals surface area contributed by atoms with Gasteiger partial charge in [0.1, 0.15) is 0 Å². The number of hydrogen-bond donors (Lipinski definition) is 0. The molecule has 0 saturated heterocycles. The zero-order valence-electron chi connectivity index (χ0n) is 9.21. The number of hydrogen-bond acceptors (Lipinski definition) is 1. The molecule has 0 aromatic heterocycles. The van der Waals surface area contributed by atoms with E-state index in [9.17, 15) is 4.79 Å². The van der Waals surface area contributed by atoms with Crippen LogP contribution in [0.3, 0.4) is 0 Å². The molecule has 17 heavy (non-hydrogen) atoms. The lowest BCUT2D eigenvalue weighted by Gasteiger charge is -2.06. The Labute approximate surface area is 123 Å². The summed E-state index contributed by atoms with van der Waals surface area (Å²) in [6, 6.07) is 14.0. The molecular weight excluding hydrogens is 391 g/mol. The fraction of sp³-hybridized carbons (Fsp3) is 0.0714. The average molecular weight is 401 g/mol. The summed E-state index contributed by atoms with van der Waals surface area (Å²) in [4.78, 5) is 11.4. The van der Waals surface area contributed by atoms with Crippen LogP contribution in [-0.4, -0.2) is 5.78 Å². The number of Topliss-reactive ketones (excluding diaryl/α,β-unsaturated/α-hetero) is 1. The molecule has 0 saturated carbocycles. The summed E-state index contributed by atoms with van der Waals surface area (Å²) < 4.78 is 2.11. The zero-order valence-corrected chi connectivity index (χ0v) is 12.9. The number of carbonyl (C=O) groups excluding carboxylic acids is 1. The van der Waals surface area contributed by atoms with Crippen molar-refractivity contribution in [1.82, 2.24) is 0 Å². The second kappa shape index (κ2) is 5.31. The number of benzene rings is 2. The minimum absolute atomic E-state index is 0.0970. The molecule has 0 N–H and O–H groups in total. The Balaban J connectivity index is 2.56. The Bertz CT molecular complexity index is 578. The molecule has 0 bridgehead atoms. The summed E-state index contributed by atoms with van der Waals surface area (Å²) >= 11 is 5.69. The van der Waals surface area contributed by atoms with Gasteiger partial charge in [-0.2, -0.15) is 0 Å². The monoisotopic (exact) mass is 400 g/mol. The standard InChI is InChI=1S/C14H10BrIO/c1-9(17)11-5-12(8-14(16)7-11)10-3-2-4-13(15)6-10/h2-8H,1H3. The minimum Gasteiger partial charge on any atom is -0.295 e. The summed E-state index contributed by atoms with van der Waals surface area (Å²) in [5.74, 6) is 0.0970. The van der Waals surface area contributed by atoms with E-state index in [2.05, 4.69) is 50.7 Å². The van der Waals surface area contributed by atoms with E-state index in [1.807, 2.05) is 30.3 Å². The molecule has 0 aliphatic heterocycles.